The van der Waals surface area contributed by atoms with Crippen LogP contribution in [0.2, 0.25) is 5.02 Å². The zero-order valence-corrected chi connectivity index (χ0v) is 10.8. The number of rotatable bonds is 2. The molecule has 0 fully saturated rings. The lowest BCUT2D eigenvalue weighted by molar-refractivity contribution is 1.14. The van der Waals surface area contributed by atoms with Crippen LogP contribution < -0.4 is 0 Å². The van der Waals surface area contributed by atoms with Gasteiger partial charge in [0.15, 0.2) is 0 Å². The van der Waals surface area contributed by atoms with Crippen molar-refractivity contribution in [2.75, 3.05) is 0 Å². The molecular formula is C15H13ClN2. The van der Waals surface area contributed by atoms with Crippen molar-refractivity contribution >= 4 is 22.6 Å². The van der Waals surface area contributed by atoms with Crippen molar-refractivity contribution in [1.29, 1.82) is 0 Å². The standard InChI is InChI=1S/C15H13ClN2/c1-2-10-7-8-13-14(9-10)18-15(17-13)11-5-3-4-6-12(11)16/h3-9H,2H2,1H3,(H,17,18). The SMILES string of the molecule is CCc1ccc2nc(-c3ccccc3Cl)[nH]c2c1. The molecule has 0 amide bonds. The predicted molar refractivity (Wildman–Crippen MR) is 75.9 cm³/mol. The highest BCUT2D eigenvalue weighted by atomic mass is 35.5. The number of nitrogens with zero attached hydrogens (tertiary/aromatic N) is 1. The van der Waals surface area contributed by atoms with E-state index in [0.29, 0.717) is 5.02 Å². The number of aryl methyl sites for hydroxylation is 1. The van der Waals surface area contributed by atoms with Gasteiger partial charge in [-0.3, -0.25) is 0 Å². The number of aromatic amines is 1. The van der Waals surface area contributed by atoms with Crippen molar-refractivity contribution in [1.82, 2.24) is 9.97 Å². The summed E-state index contributed by atoms with van der Waals surface area (Å²) in [6.07, 6.45) is 1.02. The Morgan fingerprint density at radius 2 is 2.00 bits per heavy atom. The Bertz CT molecular complexity index is 701. The van der Waals surface area contributed by atoms with Crippen molar-refractivity contribution in [3.05, 3.63) is 53.1 Å². The van der Waals surface area contributed by atoms with E-state index in [0.717, 1.165) is 28.8 Å². The molecule has 0 saturated heterocycles. The molecular weight excluding hydrogens is 244 g/mol. The third-order valence-corrected chi connectivity index (χ3v) is 3.41. The molecule has 18 heavy (non-hydrogen) atoms. The first kappa shape index (κ1) is 11.3. The summed E-state index contributed by atoms with van der Waals surface area (Å²) < 4.78 is 0. The van der Waals surface area contributed by atoms with E-state index in [1.165, 1.54) is 5.56 Å². The van der Waals surface area contributed by atoms with Crippen molar-refractivity contribution in [3.8, 4) is 11.4 Å². The quantitative estimate of drug-likeness (QED) is 0.721. The van der Waals surface area contributed by atoms with Gasteiger partial charge in [0.25, 0.3) is 0 Å². The zero-order chi connectivity index (χ0) is 12.5. The van der Waals surface area contributed by atoms with Gasteiger partial charge in [-0.1, -0.05) is 36.7 Å². The van der Waals surface area contributed by atoms with Crippen LogP contribution in [-0.2, 0) is 6.42 Å². The minimum atomic E-state index is 0.715. The molecule has 0 aliphatic rings. The fourth-order valence-corrected chi connectivity index (χ4v) is 2.28. The molecule has 3 aromatic rings. The van der Waals surface area contributed by atoms with E-state index < -0.39 is 0 Å². The number of imidazole rings is 1. The summed E-state index contributed by atoms with van der Waals surface area (Å²) in [6, 6.07) is 14.0. The first-order valence-corrected chi connectivity index (χ1v) is 6.39. The molecule has 2 aromatic carbocycles. The maximum absolute atomic E-state index is 6.18. The summed E-state index contributed by atoms with van der Waals surface area (Å²) in [5.74, 6) is 0.823. The third kappa shape index (κ3) is 1.89. The lowest BCUT2D eigenvalue weighted by atomic mass is 10.1. The van der Waals surface area contributed by atoms with E-state index in [1.807, 2.05) is 30.3 Å². The molecule has 0 aliphatic carbocycles. The molecule has 0 radical (unpaired) electrons. The maximum Gasteiger partial charge on any atom is 0.139 e. The molecule has 0 unspecified atom stereocenters. The van der Waals surface area contributed by atoms with E-state index >= 15 is 0 Å². The molecule has 0 atom stereocenters. The molecule has 0 saturated carbocycles. The second-order valence-electron chi connectivity index (χ2n) is 4.27. The van der Waals surface area contributed by atoms with Crippen LogP contribution in [0.3, 0.4) is 0 Å². The summed E-state index contributed by atoms with van der Waals surface area (Å²) in [6.45, 7) is 2.15. The van der Waals surface area contributed by atoms with Gasteiger partial charge >= 0.3 is 0 Å². The van der Waals surface area contributed by atoms with Gasteiger partial charge < -0.3 is 4.98 Å². The minimum absolute atomic E-state index is 0.715. The Balaban J connectivity index is 2.17. The number of H-pyrrole nitrogens is 1. The van der Waals surface area contributed by atoms with Gasteiger partial charge in [0.1, 0.15) is 5.82 Å². The molecule has 3 rings (SSSR count). The summed E-state index contributed by atoms with van der Waals surface area (Å²) in [4.78, 5) is 7.91. The van der Waals surface area contributed by atoms with Crippen LogP contribution in [0.15, 0.2) is 42.5 Å². The smallest absolute Gasteiger partial charge is 0.139 e. The first-order valence-electron chi connectivity index (χ1n) is 6.01. The Kier molecular flexibility index (Phi) is 2.80. The van der Waals surface area contributed by atoms with Crippen LogP contribution in [0.4, 0.5) is 0 Å². The van der Waals surface area contributed by atoms with Crippen LogP contribution in [-0.4, -0.2) is 9.97 Å². The first-order chi connectivity index (χ1) is 8.78. The van der Waals surface area contributed by atoms with E-state index in [9.17, 15) is 0 Å². The van der Waals surface area contributed by atoms with Gasteiger partial charge in [-0.05, 0) is 36.2 Å². The van der Waals surface area contributed by atoms with Crippen LogP contribution in [0.1, 0.15) is 12.5 Å². The maximum atomic E-state index is 6.18. The Morgan fingerprint density at radius 1 is 1.17 bits per heavy atom. The molecule has 1 aromatic heterocycles. The van der Waals surface area contributed by atoms with Crippen LogP contribution in [0.5, 0.6) is 0 Å². The minimum Gasteiger partial charge on any atom is -0.338 e. The van der Waals surface area contributed by atoms with Gasteiger partial charge in [0, 0.05) is 5.56 Å². The molecule has 1 heterocycles. The number of aromatic nitrogens is 2. The highest BCUT2D eigenvalue weighted by molar-refractivity contribution is 6.33. The second-order valence-corrected chi connectivity index (χ2v) is 4.68. The van der Waals surface area contributed by atoms with Gasteiger partial charge in [0.05, 0.1) is 16.1 Å². The number of hydrogen-bond donors (Lipinski definition) is 1. The topological polar surface area (TPSA) is 28.7 Å². The highest BCUT2D eigenvalue weighted by Crippen LogP contribution is 2.27. The fraction of sp³-hybridized carbons (Fsp3) is 0.133. The van der Waals surface area contributed by atoms with Crippen molar-refractivity contribution in [3.63, 3.8) is 0 Å². The molecule has 1 N–H and O–H groups in total. The lowest BCUT2D eigenvalue weighted by Crippen LogP contribution is -1.80. The fourth-order valence-electron chi connectivity index (χ4n) is 2.06. The molecule has 0 aliphatic heterocycles. The molecule has 3 heteroatoms. The summed E-state index contributed by atoms with van der Waals surface area (Å²) in [5, 5.41) is 0.715. The largest absolute Gasteiger partial charge is 0.338 e. The summed E-state index contributed by atoms with van der Waals surface area (Å²) >= 11 is 6.18. The average molecular weight is 257 g/mol. The molecule has 2 nitrogen and oxygen atoms in total. The van der Waals surface area contributed by atoms with E-state index in [2.05, 4.69) is 29.0 Å². The van der Waals surface area contributed by atoms with Gasteiger partial charge in [0.2, 0.25) is 0 Å². The summed E-state index contributed by atoms with van der Waals surface area (Å²) in [7, 11) is 0. The van der Waals surface area contributed by atoms with Gasteiger partial charge in [-0.2, -0.15) is 0 Å². The number of benzene rings is 2. The number of nitrogens with one attached hydrogen (secondary N) is 1. The van der Waals surface area contributed by atoms with Crippen LogP contribution >= 0.6 is 11.6 Å². The molecule has 0 bridgehead atoms. The molecule has 0 spiro atoms. The summed E-state index contributed by atoms with van der Waals surface area (Å²) in [5.41, 5.74) is 4.27. The van der Waals surface area contributed by atoms with Gasteiger partial charge in [-0.15, -0.1) is 0 Å². The third-order valence-electron chi connectivity index (χ3n) is 3.08. The molecule has 90 valence electrons. The van der Waals surface area contributed by atoms with Gasteiger partial charge in [-0.25, -0.2) is 4.98 Å². The monoisotopic (exact) mass is 256 g/mol. The Morgan fingerprint density at radius 3 is 2.78 bits per heavy atom. The van der Waals surface area contributed by atoms with E-state index in [4.69, 9.17) is 11.6 Å². The lowest BCUT2D eigenvalue weighted by Gasteiger charge is -1.98. The zero-order valence-electron chi connectivity index (χ0n) is 10.1. The normalized spacial score (nSPS) is 11.0. The van der Waals surface area contributed by atoms with Crippen LogP contribution in [0, 0.1) is 0 Å². The number of fused-ring (bicyclic) bond motifs is 1. The predicted octanol–water partition coefficient (Wildman–Crippen LogP) is 4.45. The van der Waals surface area contributed by atoms with Crippen molar-refractivity contribution in [2.24, 2.45) is 0 Å². The highest BCUT2D eigenvalue weighted by Gasteiger charge is 2.08. The Labute approximate surface area is 111 Å². The van der Waals surface area contributed by atoms with E-state index in [-0.39, 0.29) is 0 Å². The average Bonchev–Trinajstić information content (AvgIpc) is 2.81. The van der Waals surface area contributed by atoms with Crippen LogP contribution in [0.25, 0.3) is 22.4 Å². The number of hydrogen-bond acceptors (Lipinski definition) is 1. The van der Waals surface area contributed by atoms with Crippen molar-refractivity contribution in [2.45, 2.75) is 13.3 Å². The van der Waals surface area contributed by atoms with Crippen molar-refractivity contribution < 1.29 is 0 Å². The van der Waals surface area contributed by atoms with E-state index in [1.54, 1.807) is 0 Å². The number of halogens is 1. The Hall–Kier alpha value is -1.80. The second kappa shape index (κ2) is 4.46.